The maximum absolute atomic E-state index is 6.12. The normalized spacial score (nSPS) is 21.6. The highest BCUT2D eigenvalue weighted by molar-refractivity contribution is 5.20. The van der Waals surface area contributed by atoms with Crippen LogP contribution in [0.3, 0.4) is 0 Å². The fourth-order valence-corrected chi connectivity index (χ4v) is 3.40. The van der Waals surface area contributed by atoms with E-state index in [1.807, 2.05) is 0 Å². The van der Waals surface area contributed by atoms with Gasteiger partial charge in [-0.05, 0) is 37.4 Å². The summed E-state index contributed by atoms with van der Waals surface area (Å²) in [6.07, 6.45) is 2.32. The Hall–Kier alpha value is -0.900. The van der Waals surface area contributed by atoms with Crippen LogP contribution in [-0.2, 0) is 0 Å². The second kappa shape index (κ2) is 7.39. The van der Waals surface area contributed by atoms with Crippen molar-refractivity contribution in [3.63, 3.8) is 0 Å². The Kier molecular flexibility index (Phi) is 5.80. The van der Waals surface area contributed by atoms with E-state index in [0.717, 1.165) is 45.6 Å². The largest absolute Gasteiger partial charge is 0.330 e. The lowest BCUT2D eigenvalue weighted by Crippen LogP contribution is -2.51. The van der Waals surface area contributed by atoms with Crippen LogP contribution >= 0.6 is 0 Å². The third-order valence-electron chi connectivity index (χ3n) is 5.35. The van der Waals surface area contributed by atoms with Crippen LogP contribution in [0.2, 0.25) is 0 Å². The van der Waals surface area contributed by atoms with Gasteiger partial charge in [0.1, 0.15) is 0 Å². The highest BCUT2D eigenvalue weighted by atomic mass is 15.3. The Bertz CT molecular complexity index is 405. The maximum atomic E-state index is 6.12. The van der Waals surface area contributed by atoms with Crippen LogP contribution in [-0.4, -0.2) is 49.6 Å². The first kappa shape index (κ1) is 16.5. The minimum Gasteiger partial charge on any atom is -0.330 e. The van der Waals surface area contributed by atoms with E-state index >= 15 is 0 Å². The van der Waals surface area contributed by atoms with Gasteiger partial charge in [0.15, 0.2) is 0 Å². The lowest BCUT2D eigenvalue weighted by Gasteiger charge is -2.45. The number of likely N-dealkylation sites (N-methyl/N-ethyl adjacent to an activating group) is 1. The fraction of sp³-hybridized carbons (Fsp3) is 0.667. The molecule has 2 N–H and O–H groups in total. The molecule has 21 heavy (non-hydrogen) atoms. The predicted octanol–water partition coefficient (Wildman–Crippen LogP) is 2.74. The number of rotatable bonds is 6. The van der Waals surface area contributed by atoms with Crippen LogP contribution in [0.1, 0.15) is 38.3 Å². The molecule has 1 saturated heterocycles. The highest BCUT2D eigenvalue weighted by Crippen LogP contribution is 2.32. The van der Waals surface area contributed by atoms with E-state index in [1.54, 1.807) is 0 Å². The Morgan fingerprint density at radius 3 is 2.38 bits per heavy atom. The Labute approximate surface area is 130 Å². The monoisotopic (exact) mass is 289 g/mol. The lowest BCUT2D eigenvalue weighted by atomic mass is 9.81. The van der Waals surface area contributed by atoms with Gasteiger partial charge in [0.05, 0.1) is 0 Å². The summed E-state index contributed by atoms with van der Waals surface area (Å²) in [4.78, 5) is 5.10. The minimum atomic E-state index is 0.267. The lowest BCUT2D eigenvalue weighted by molar-refractivity contribution is 0.0445. The molecular weight excluding hydrogens is 258 g/mol. The third-order valence-corrected chi connectivity index (χ3v) is 5.35. The molecule has 1 aliphatic heterocycles. The molecule has 1 aromatic rings. The summed E-state index contributed by atoms with van der Waals surface area (Å²) in [5, 5.41) is 0. The molecule has 0 spiro atoms. The molecule has 1 heterocycles. The molecule has 1 fully saturated rings. The Morgan fingerprint density at radius 1 is 1.14 bits per heavy atom. The van der Waals surface area contributed by atoms with E-state index in [1.165, 1.54) is 5.56 Å². The van der Waals surface area contributed by atoms with Gasteiger partial charge in [0.25, 0.3) is 0 Å². The van der Waals surface area contributed by atoms with E-state index in [9.17, 15) is 0 Å². The maximum Gasteiger partial charge on any atom is 0.0475 e. The number of hydrogen-bond donors (Lipinski definition) is 1. The summed E-state index contributed by atoms with van der Waals surface area (Å²) >= 11 is 0. The van der Waals surface area contributed by atoms with Crippen molar-refractivity contribution in [3.05, 3.63) is 35.9 Å². The highest BCUT2D eigenvalue weighted by Gasteiger charge is 2.33. The molecule has 0 radical (unpaired) electrons. The number of benzene rings is 1. The molecule has 1 atom stereocenters. The molecule has 0 saturated carbocycles. The van der Waals surface area contributed by atoms with Gasteiger partial charge in [-0.15, -0.1) is 0 Å². The van der Waals surface area contributed by atoms with E-state index in [2.05, 4.69) is 61.0 Å². The first-order valence-corrected chi connectivity index (χ1v) is 8.31. The van der Waals surface area contributed by atoms with Gasteiger partial charge in [-0.25, -0.2) is 0 Å². The van der Waals surface area contributed by atoms with Gasteiger partial charge in [0.2, 0.25) is 0 Å². The van der Waals surface area contributed by atoms with Crippen molar-refractivity contribution < 1.29 is 0 Å². The minimum absolute atomic E-state index is 0.267. The average molecular weight is 289 g/mol. The molecule has 0 aromatic heterocycles. The van der Waals surface area contributed by atoms with Gasteiger partial charge in [-0.2, -0.15) is 0 Å². The van der Waals surface area contributed by atoms with Crippen molar-refractivity contribution in [2.24, 2.45) is 11.1 Å². The topological polar surface area (TPSA) is 32.5 Å². The van der Waals surface area contributed by atoms with Crippen LogP contribution in [0.15, 0.2) is 30.3 Å². The van der Waals surface area contributed by atoms with Gasteiger partial charge >= 0.3 is 0 Å². The summed E-state index contributed by atoms with van der Waals surface area (Å²) < 4.78 is 0. The van der Waals surface area contributed by atoms with Crippen molar-refractivity contribution in [1.82, 2.24) is 9.80 Å². The molecule has 0 bridgehead atoms. The van der Waals surface area contributed by atoms with Crippen molar-refractivity contribution in [1.29, 1.82) is 0 Å². The average Bonchev–Trinajstić information content (AvgIpc) is 2.55. The van der Waals surface area contributed by atoms with Crippen LogP contribution in [0.25, 0.3) is 0 Å². The van der Waals surface area contributed by atoms with E-state index in [-0.39, 0.29) is 5.41 Å². The third kappa shape index (κ3) is 3.85. The molecule has 0 aliphatic carbocycles. The number of piperazine rings is 1. The Balaban J connectivity index is 2.19. The van der Waals surface area contributed by atoms with Crippen molar-refractivity contribution in [2.75, 3.05) is 39.8 Å². The second-order valence-electron chi connectivity index (χ2n) is 6.57. The zero-order chi connectivity index (χ0) is 15.3. The molecule has 1 aliphatic rings. The van der Waals surface area contributed by atoms with Crippen molar-refractivity contribution >= 4 is 0 Å². The first-order valence-electron chi connectivity index (χ1n) is 8.31. The molecular formula is C18H31N3. The summed E-state index contributed by atoms with van der Waals surface area (Å²) in [5.74, 6) is 0. The first-order chi connectivity index (χ1) is 10.1. The SMILES string of the molecule is CCC(CC)(CN)CN1CCN(C)CC1c1ccccc1. The van der Waals surface area contributed by atoms with Crippen molar-refractivity contribution in [2.45, 2.75) is 32.7 Å². The zero-order valence-corrected chi connectivity index (χ0v) is 13.9. The molecule has 1 unspecified atom stereocenters. The van der Waals surface area contributed by atoms with E-state index < -0.39 is 0 Å². The fourth-order valence-electron chi connectivity index (χ4n) is 3.40. The second-order valence-corrected chi connectivity index (χ2v) is 6.57. The summed E-state index contributed by atoms with van der Waals surface area (Å²) in [5.41, 5.74) is 7.82. The molecule has 0 amide bonds. The number of hydrogen-bond acceptors (Lipinski definition) is 3. The number of nitrogens with two attached hydrogens (primary N) is 1. The van der Waals surface area contributed by atoms with Crippen LogP contribution in [0, 0.1) is 5.41 Å². The van der Waals surface area contributed by atoms with Gasteiger partial charge in [-0.3, -0.25) is 4.90 Å². The van der Waals surface area contributed by atoms with E-state index in [4.69, 9.17) is 5.73 Å². The smallest absolute Gasteiger partial charge is 0.0475 e. The summed E-state index contributed by atoms with van der Waals surface area (Å²) in [7, 11) is 2.23. The van der Waals surface area contributed by atoms with Crippen LogP contribution in [0.4, 0.5) is 0 Å². The number of nitrogens with zero attached hydrogens (tertiary/aromatic N) is 2. The predicted molar refractivity (Wildman–Crippen MR) is 90.3 cm³/mol. The molecule has 118 valence electrons. The van der Waals surface area contributed by atoms with Crippen LogP contribution < -0.4 is 5.73 Å². The summed E-state index contributed by atoms with van der Waals surface area (Å²) in [6, 6.07) is 11.4. The van der Waals surface area contributed by atoms with Gasteiger partial charge in [0, 0.05) is 32.2 Å². The molecule has 2 rings (SSSR count). The van der Waals surface area contributed by atoms with E-state index in [0.29, 0.717) is 6.04 Å². The van der Waals surface area contributed by atoms with Crippen LogP contribution in [0.5, 0.6) is 0 Å². The zero-order valence-electron chi connectivity index (χ0n) is 13.9. The molecule has 3 nitrogen and oxygen atoms in total. The van der Waals surface area contributed by atoms with Crippen molar-refractivity contribution in [3.8, 4) is 0 Å². The standard InChI is InChI=1S/C18H31N3/c1-4-18(5-2,14-19)15-21-12-11-20(3)13-17(21)16-9-7-6-8-10-16/h6-10,17H,4-5,11-15,19H2,1-3H3. The Morgan fingerprint density at radius 2 is 1.81 bits per heavy atom. The summed E-state index contributed by atoms with van der Waals surface area (Å²) in [6.45, 7) is 9.86. The molecule has 1 aromatic carbocycles. The quantitative estimate of drug-likeness (QED) is 0.874. The van der Waals surface area contributed by atoms with Gasteiger partial charge < -0.3 is 10.6 Å². The molecule has 3 heteroatoms. The van der Waals surface area contributed by atoms with Gasteiger partial charge in [-0.1, -0.05) is 44.2 Å².